The molecule has 0 saturated carbocycles. The van der Waals surface area contributed by atoms with Crippen LogP contribution in [-0.2, 0) is 4.74 Å². The lowest BCUT2D eigenvalue weighted by Gasteiger charge is -2.33. The number of nitrogens with zero attached hydrogens (tertiary/aromatic N) is 2. The van der Waals surface area contributed by atoms with E-state index >= 15 is 0 Å². The minimum atomic E-state index is -0.564. The van der Waals surface area contributed by atoms with E-state index in [0.29, 0.717) is 12.5 Å². The summed E-state index contributed by atoms with van der Waals surface area (Å²) in [5.74, 6) is 2.00. The molecule has 1 atom stereocenters. The Balaban J connectivity index is 1.78. The highest BCUT2D eigenvalue weighted by Gasteiger charge is 2.31. The third-order valence-corrected chi connectivity index (χ3v) is 5.20. The number of hydrogen-bond acceptors (Lipinski definition) is 5. The fourth-order valence-corrected chi connectivity index (χ4v) is 4.07. The molecule has 0 spiro atoms. The number of fused-ring (bicyclic) bond motifs is 1. The first-order chi connectivity index (χ1) is 15.3. The van der Waals surface area contributed by atoms with Crippen molar-refractivity contribution in [3.05, 3.63) is 41.9 Å². The molecule has 0 fully saturated rings. The summed E-state index contributed by atoms with van der Waals surface area (Å²) >= 11 is 0. The minimum absolute atomic E-state index is 0.336. The van der Waals surface area contributed by atoms with Crippen LogP contribution in [0.25, 0.3) is 22.3 Å². The second-order valence-electron chi connectivity index (χ2n) is 10.4. The first kappa shape index (κ1) is 24.6. The number of benzene rings is 1. The molecule has 7 heteroatoms. The second-order valence-corrected chi connectivity index (χ2v) is 10.4. The van der Waals surface area contributed by atoms with Gasteiger partial charge >= 0.3 is 6.09 Å². The highest BCUT2D eigenvalue weighted by Crippen LogP contribution is 2.31. The Labute approximate surface area is 196 Å². The molecule has 1 amide bonds. The molecule has 0 aliphatic heterocycles. The Morgan fingerprint density at radius 2 is 1.88 bits per heavy atom. The van der Waals surface area contributed by atoms with Crippen LogP contribution in [0.5, 0.6) is 5.75 Å². The first-order valence-corrected chi connectivity index (χ1v) is 11.4. The second kappa shape index (κ2) is 9.41. The molecule has 3 rings (SSSR count). The van der Waals surface area contributed by atoms with Crippen molar-refractivity contribution < 1.29 is 14.3 Å². The number of imidazole rings is 1. The molecule has 1 unspecified atom stereocenters. The van der Waals surface area contributed by atoms with Gasteiger partial charge in [-0.2, -0.15) is 0 Å². The Morgan fingerprint density at radius 1 is 1.15 bits per heavy atom. The van der Waals surface area contributed by atoms with Gasteiger partial charge in [0.2, 0.25) is 0 Å². The van der Waals surface area contributed by atoms with E-state index in [1.807, 2.05) is 59.7 Å². The van der Waals surface area contributed by atoms with Crippen LogP contribution >= 0.6 is 0 Å². The van der Waals surface area contributed by atoms with Crippen LogP contribution in [-0.4, -0.2) is 38.8 Å². The maximum Gasteiger partial charge on any atom is 0.408 e. The fourth-order valence-electron chi connectivity index (χ4n) is 4.07. The van der Waals surface area contributed by atoms with E-state index in [2.05, 4.69) is 40.2 Å². The van der Waals surface area contributed by atoms with Gasteiger partial charge in [0.05, 0.1) is 5.54 Å². The largest absolute Gasteiger partial charge is 0.491 e. The van der Waals surface area contributed by atoms with Gasteiger partial charge in [-0.3, -0.25) is 0 Å². The molecule has 3 aromatic rings. The lowest BCUT2D eigenvalue weighted by atomic mass is 9.91. The van der Waals surface area contributed by atoms with Gasteiger partial charge < -0.3 is 19.8 Å². The average Bonchev–Trinajstić information content (AvgIpc) is 3.04. The number of H-pyrrole nitrogens is 1. The van der Waals surface area contributed by atoms with E-state index in [4.69, 9.17) is 9.47 Å². The van der Waals surface area contributed by atoms with E-state index < -0.39 is 17.2 Å². The Kier molecular flexibility index (Phi) is 7.00. The maximum absolute atomic E-state index is 12.4. The van der Waals surface area contributed by atoms with Gasteiger partial charge in [-0.05, 0) is 83.2 Å². The number of nitrogens with one attached hydrogen (secondary N) is 2. The molecule has 0 bridgehead atoms. The van der Waals surface area contributed by atoms with Crippen molar-refractivity contribution in [2.75, 3.05) is 6.61 Å². The molecule has 0 aliphatic rings. The van der Waals surface area contributed by atoms with Crippen molar-refractivity contribution in [2.45, 2.75) is 73.0 Å². The highest BCUT2D eigenvalue weighted by atomic mass is 16.6. The molecule has 1 aromatic carbocycles. The van der Waals surface area contributed by atoms with Crippen molar-refractivity contribution in [1.29, 1.82) is 0 Å². The van der Waals surface area contributed by atoms with Gasteiger partial charge in [-0.15, -0.1) is 0 Å². The molecule has 178 valence electrons. The molecule has 0 aliphatic carbocycles. The van der Waals surface area contributed by atoms with Gasteiger partial charge in [0, 0.05) is 11.8 Å². The summed E-state index contributed by atoms with van der Waals surface area (Å²) in [6.45, 7) is 16.1. The quantitative estimate of drug-likeness (QED) is 0.462. The predicted molar refractivity (Wildman–Crippen MR) is 132 cm³/mol. The van der Waals surface area contributed by atoms with E-state index in [1.54, 1.807) is 6.20 Å². The van der Waals surface area contributed by atoms with Crippen molar-refractivity contribution in [3.8, 4) is 16.9 Å². The first-order valence-electron chi connectivity index (χ1n) is 11.4. The summed E-state index contributed by atoms with van der Waals surface area (Å²) in [7, 11) is 0. The summed E-state index contributed by atoms with van der Waals surface area (Å²) in [5.41, 5.74) is 3.60. The summed E-state index contributed by atoms with van der Waals surface area (Å²) < 4.78 is 11.7. The molecular weight excluding hydrogens is 416 g/mol. The molecule has 33 heavy (non-hydrogen) atoms. The summed E-state index contributed by atoms with van der Waals surface area (Å²) in [5, 5.41) is 3.03. The number of aromatic nitrogens is 3. The summed E-state index contributed by atoms with van der Waals surface area (Å²) in [4.78, 5) is 24.6. The van der Waals surface area contributed by atoms with Crippen LogP contribution in [0.15, 0.2) is 30.5 Å². The number of aromatic amines is 1. The zero-order chi connectivity index (χ0) is 24.4. The number of pyridine rings is 1. The molecule has 0 saturated heterocycles. The molecule has 0 radical (unpaired) electrons. The SMILES string of the molecule is Cc1nc2c(-c3ccc(OCC(C)(CC(C)C)NC(=O)OC(C)(C)C)c(C)c3)ccnc2[nH]1. The van der Waals surface area contributed by atoms with Crippen LogP contribution in [0, 0.1) is 19.8 Å². The smallest absolute Gasteiger partial charge is 0.408 e. The zero-order valence-corrected chi connectivity index (χ0v) is 21.0. The Hall–Kier alpha value is -3.09. The number of alkyl carbamates (subject to hydrolysis) is 1. The number of carbonyl (C=O) groups excluding carboxylic acids is 1. The average molecular weight is 453 g/mol. The number of rotatable bonds is 7. The zero-order valence-electron chi connectivity index (χ0n) is 21.0. The number of amides is 1. The van der Waals surface area contributed by atoms with Crippen LogP contribution in [0.4, 0.5) is 4.79 Å². The normalized spacial score (nSPS) is 13.7. The molecule has 7 nitrogen and oxygen atoms in total. The van der Waals surface area contributed by atoms with Gasteiger partial charge in [0.1, 0.15) is 29.3 Å². The monoisotopic (exact) mass is 452 g/mol. The van der Waals surface area contributed by atoms with Gasteiger partial charge in [-0.1, -0.05) is 19.9 Å². The van der Waals surface area contributed by atoms with Crippen molar-refractivity contribution in [2.24, 2.45) is 5.92 Å². The van der Waals surface area contributed by atoms with Crippen molar-refractivity contribution in [1.82, 2.24) is 20.3 Å². The number of ether oxygens (including phenoxy) is 2. The van der Waals surface area contributed by atoms with Crippen LogP contribution in [0.1, 0.15) is 59.4 Å². The number of hydrogen-bond donors (Lipinski definition) is 2. The Bertz CT molecular complexity index is 1130. The van der Waals surface area contributed by atoms with E-state index in [9.17, 15) is 4.79 Å². The van der Waals surface area contributed by atoms with E-state index in [1.165, 1.54) is 0 Å². The topological polar surface area (TPSA) is 89.1 Å². The highest BCUT2D eigenvalue weighted by molar-refractivity contribution is 5.89. The molecule has 2 aromatic heterocycles. The van der Waals surface area contributed by atoms with Crippen molar-refractivity contribution in [3.63, 3.8) is 0 Å². The molecule has 2 N–H and O–H groups in total. The van der Waals surface area contributed by atoms with E-state index in [-0.39, 0.29) is 0 Å². The third kappa shape index (κ3) is 6.46. The molecule has 2 heterocycles. The van der Waals surface area contributed by atoms with Crippen LogP contribution < -0.4 is 10.1 Å². The molecular formula is C26H36N4O3. The minimum Gasteiger partial charge on any atom is -0.491 e. The van der Waals surface area contributed by atoms with Crippen molar-refractivity contribution >= 4 is 17.3 Å². The summed E-state index contributed by atoms with van der Waals surface area (Å²) in [6.07, 6.45) is 2.11. The lowest BCUT2D eigenvalue weighted by Crippen LogP contribution is -2.52. The number of aryl methyl sites for hydroxylation is 2. The van der Waals surface area contributed by atoms with Crippen LogP contribution in [0.2, 0.25) is 0 Å². The van der Waals surface area contributed by atoms with E-state index in [0.717, 1.165) is 45.8 Å². The summed E-state index contributed by atoms with van der Waals surface area (Å²) in [6, 6.07) is 8.07. The van der Waals surface area contributed by atoms with Crippen LogP contribution in [0.3, 0.4) is 0 Å². The third-order valence-electron chi connectivity index (χ3n) is 5.20. The Morgan fingerprint density at radius 3 is 2.52 bits per heavy atom. The van der Waals surface area contributed by atoms with Gasteiger partial charge in [0.25, 0.3) is 0 Å². The standard InChI is InChI=1S/C26H36N4O3/c1-16(2)14-26(8,30-24(31)33-25(5,6)7)15-32-21-10-9-19(13-17(21)3)20-11-12-27-23-22(20)28-18(4)29-23/h9-13,16H,14-15H2,1-8H3,(H,30,31)(H,27,28,29). The number of carbonyl (C=O) groups is 1. The fraction of sp³-hybridized carbons (Fsp3) is 0.500. The predicted octanol–water partition coefficient (Wildman–Crippen LogP) is 5.95. The lowest BCUT2D eigenvalue weighted by molar-refractivity contribution is 0.0408. The van der Waals surface area contributed by atoms with Gasteiger partial charge in [0.15, 0.2) is 5.65 Å². The van der Waals surface area contributed by atoms with Gasteiger partial charge in [-0.25, -0.2) is 14.8 Å². The maximum atomic E-state index is 12.4.